The number of benzene rings is 1. The van der Waals surface area contributed by atoms with Gasteiger partial charge in [0.25, 0.3) is 0 Å². The van der Waals surface area contributed by atoms with Crippen LogP contribution in [0.25, 0.3) is 11.1 Å². The van der Waals surface area contributed by atoms with Gasteiger partial charge in [0, 0.05) is 12.5 Å². The highest BCUT2D eigenvalue weighted by Crippen LogP contribution is 2.25. The second kappa shape index (κ2) is 4.55. The van der Waals surface area contributed by atoms with E-state index in [0.717, 1.165) is 0 Å². The number of aliphatic hydroxyl groups excluding tert-OH is 1. The van der Waals surface area contributed by atoms with Crippen LogP contribution in [0.15, 0.2) is 22.6 Å². The molecule has 5 heteroatoms. The van der Waals surface area contributed by atoms with E-state index in [0.29, 0.717) is 22.6 Å². The van der Waals surface area contributed by atoms with Gasteiger partial charge in [-0.25, -0.2) is 9.78 Å². The smallest absolute Gasteiger partial charge is 0.339 e. The first-order valence-corrected chi connectivity index (χ1v) is 5.34. The second-order valence-electron chi connectivity index (χ2n) is 3.58. The molecule has 5 nitrogen and oxygen atoms in total. The van der Waals surface area contributed by atoms with E-state index in [-0.39, 0.29) is 6.61 Å². The number of aliphatic hydroxyl groups is 1. The van der Waals surface area contributed by atoms with Crippen LogP contribution in [0.4, 0.5) is 0 Å². The number of carbonyl (C=O) groups is 1. The van der Waals surface area contributed by atoms with Gasteiger partial charge >= 0.3 is 5.97 Å². The predicted molar refractivity (Wildman–Crippen MR) is 60.3 cm³/mol. The second-order valence-corrected chi connectivity index (χ2v) is 3.58. The SMILES string of the molecule is CCOC(=O)C(O)c1cccc2nc(C)oc12. The van der Waals surface area contributed by atoms with E-state index in [9.17, 15) is 9.90 Å². The van der Waals surface area contributed by atoms with Crippen LogP contribution in [0.2, 0.25) is 0 Å². The van der Waals surface area contributed by atoms with E-state index in [1.54, 1.807) is 32.0 Å². The summed E-state index contributed by atoms with van der Waals surface area (Å²) >= 11 is 0. The Kier molecular flexibility index (Phi) is 3.10. The molecule has 1 aromatic carbocycles. The largest absolute Gasteiger partial charge is 0.464 e. The molecule has 90 valence electrons. The number of ether oxygens (including phenoxy) is 1. The van der Waals surface area contributed by atoms with Gasteiger partial charge in [0.05, 0.1) is 6.61 Å². The molecule has 0 aliphatic rings. The number of esters is 1. The standard InChI is InChI=1S/C12H13NO4/c1-3-16-12(15)10(14)8-5-4-6-9-11(8)17-7(2)13-9/h4-6,10,14H,3H2,1-2H3. The zero-order valence-corrected chi connectivity index (χ0v) is 9.64. The average molecular weight is 235 g/mol. The van der Waals surface area contributed by atoms with Gasteiger partial charge < -0.3 is 14.3 Å². The van der Waals surface area contributed by atoms with Gasteiger partial charge in [-0.1, -0.05) is 12.1 Å². The number of oxazole rings is 1. The number of nitrogens with zero attached hydrogens (tertiary/aromatic N) is 1. The summed E-state index contributed by atoms with van der Waals surface area (Å²) in [6.07, 6.45) is -1.34. The van der Waals surface area contributed by atoms with Crippen molar-refractivity contribution >= 4 is 17.1 Å². The summed E-state index contributed by atoms with van der Waals surface area (Å²) in [6.45, 7) is 3.62. The quantitative estimate of drug-likeness (QED) is 0.820. The van der Waals surface area contributed by atoms with E-state index in [1.165, 1.54) is 0 Å². The van der Waals surface area contributed by atoms with Crippen molar-refractivity contribution in [2.24, 2.45) is 0 Å². The maximum atomic E-state index is 11.5. The average Bonchev–Trinajstić information content (AvgIpc) is 2.68. The van der Waals surface area contributed by atoms with E-state index >= 15 is 0 Å². The minimum Gasteiger partial charge on any atom is -0.464 e. The van der Waals surface area contributed by atoms with Gasteiger partial charge in [0.2, 0.25) is 0 Å². The molecule has 0 fully saturated rings. The van der Waals surface area contributed by atoms with Crippen molar-refractivity contribution in [1.82, 2.24) is 4.98 Å². The van der Waals surface area contributed by atoms with Crippen molar-refractivity contribution in [1.29, 1.82) is 0 Å². The number of hydrogen-bond acceptors (Lipinski definition) is 5. The van der Waals surface area contributed by atoms with Crippen molar-refractivity contribution in [3.05, 3.63) is 29.7 Å². The van der Waals surface area contributed by atoms with Gasteiger partial charge in [0.1, 0.15) is 5.52 Å². The number of para-hydroxylation sites is 1. The van der Waals surface area contributed by atoms with Gasteiger partial charge in [0.15, 0.2) is 17.6 Å². The third kappa shape index (κ3) is 2.14. The van der Waals surface area contributed by atoms with E-state index < -0.39 is 12.1 Å². The Bertz CT molecular complexity index is 546. The van der Waals surface area contributed by atoms with E-state index in [2.05, 4.69) is 4.98 Å². The molecule has 0 aliphatic carbocycles. The lowest BCUT2D eigenvalue weighted by Gasteiger charge is -2.09. The Morgan fingerprint density at radius 3 is 3.06 bits per heavy atom. The lowest BCUT2D eigenvalue weighted by Crippen LogP contribution is -2.15. The van der Waals surface area contributed by atoms with Crippen LogP contribution in [-0.2, 0) is 9.53 Å². The molecule has 1 heterocycles. The van der Waals surface area contributed by atoms with Crippen molar-refractivity contribution < 1.29 is 19.1 Å². The molecule has 0 saturated carbocycles. The van der Waals surface area contributed by atoms with Crippen LogP contribution in [0.3, 0.4) is 0 Å². The summed E-state index contributed by atoms with van der Waals surface area (Å²) in [6, 6.07) is 5.09. The fourth-order valence-corrected chi connectivity index (χ4v) is 1.65. The highest BCUT2D eigenvalue weighted by atomic mass is 16.5. The molecule has 0 radical (unpaired) electrons. The topological polar surface area (TPSA) is 72.6 Å². The number of carbonyl (C=O) groups excluding carboxylic acids is 1. The molecule has 0 aliphatic heterocycles. The third-order valence-electron chi connectivity index (χ3n) is 2.36. The molecule has 1 N–H and O–H groups in total. The molecular formula is C12H13NO4. The highest BCUT2D eigenvalue weighted by Gasteiger charge is 2.22. The Hall–Kier alpha value is -1.88. The molecule has 0 spiro atoms. The van der Waals surface area contributed by atoms with Crippen LogP contribution < -0.4 is 0 Å². The Balaban J connectivity index is 2.44. The lowest BCUT2D eigenvalue weighted by atomic mass is 10.1. The maximum absolute atomic E-state index is 11.5. The van der Waals surface area contributed by atoms with Crippen LogP contribution in [-0.4, -0.2) is 22.7 Å². The van der Waals surface area contributed by atoms with Crippen LogP contribution in [0.5, 0.6) is 0 Å². The molecule has 0 saturated heterocycles. The predicted octanol–water partition coefficient (Wildman–Crippen LogP) is 1.73. The Morgan fingerprint density at radius 2 is 2.35 bits per heavy atom. The first-order valence-electron chi connectivity index (χ1n) is 5.34. The summed E-state index contributed by atoms with van der Waals surface area (Å²) in [5.74, 6) is -0.197. The molecule has 0 bridgehead atoms. The highest BCUT2D eigenvalue weighted by molar-refractivity contribution is 5.84. The summed E-state index contributed by atoms with van der Waals surface area (Å²) in [7, 11) is 0. The summed E-state index contributed by atoms with van der Waals surface area (Å²) in [5.41, 5.74) is 1.41. The zero-order valence-electron chi connectivity index (χ0n) is 9.64. The van der Waals surface area contributed by atoms with Crippen molar-refractivity contribution in [3.63, 3.8) is 0 Å². The summed E-state index contributed by atoms with van der Waals surface area (Å²) in [4.78, 5) is 15.6. The molecule has 2 rings (SSSR count). The number of rotatable bonds is 3. The molecule has 1 atom stereocenters. The van der Waals surface area contributed by atoms with Gasteiger partial charge in [-0.15, -0.1) is 0 Å². The first-order chi connectivity index (χ1) is 8.13. The summed E-state index contributed by atoms with van der Waals surface area (Å²) < 4.78 is 10.1. The van der Waals surface area contributed by atoms with Crippen LogP contribution >= 0.6 is 0 Å². The number of aryl methyl sites for hydroxylation is 1. The van der Waals surface area contributed by atoms with Crippen molar-refractivity contribution in [3.8, 4) is 0 Å². The van der Waals surface area contributed by atoms with E-state index in [4.69, 9.17) is 9.15 Å². The minimum atomic E-state index is -1.34. The monoisotopic (exact) mass is 235 g/mol. The first kappa shape index (κ1) is 11.6. The van der Waals surface area contributed by atoms with E-state index in [1.807, 2.05) is 0 Å². The van der Waals surface area contributed by atoms with Crippen LogP contribution in [0.1, 0.15) is 24.5 Å². The number of hydrogen-bond donors (Lipinski definition) is 1. The van der Waals surface area contributed by atoms with Gasteiger partial charge in [-0.3, -0.25) is 0 Å². The fourth-order valence-electron chi connectivity index (χ4n) is 1.65. The molecule has 2 aromatic rings. The molecular weight excluding hydrogens is 222 g/mol. The minimum absolute atomic E-state index is 0.224. The summed E-state index contributed by atoms with van der Waals surface area (Å²) in [5, 5.41) is 9.87. The maximum Gasteiger partial charge on any atom is 0.339 e. The fraction of sp³-hybridized carbons (Fsp3) is 0.333. The van der Waals surface area contributed by atoms with Gasteiger partial charge in [-0.05, 0) is 13.0 Å². The Morgan fingerprint density at radius 1 is 1.59 bits per heavy atom. The van der Waals surface area contributed by atoms with Gasteiger partial charge in [-0.2, -0.15) is 0 Å². The van der Waals surface area contributed by atoms with Crippen molar-refractivity contribution in [2.75, 3.05) is 6.61 Å². The number of aromatic nitrogens is 1. The normalized spacial score (nSPS) is 12.6. The lowest BCUT2D eigenvalue weighted by molar-refractivity contribution is -0.153. The Labute approximate surface area is 98.0 Å². The molecule has 1 unspecified atom stereocenters. The zero-order chi connectivity index (χ0) is 12.4. The number of fused-ring (bicyclic) bond motifs is 1. The molecule has 1 aromatic heterocycles. The molecule has 17 heavy (non-hydrogen) atoms. The third-order valence-corrected chi connectivity index (χ3v) is 2.36. The van der Waals surface area contributed by atoms with Crippen molar-refractivity contribution in [2.45, 2.75) is 20.0 Å². The van der Waals surface area contributed by atoms with Crippen LogP contribution in [0, 0.1) is 6.92 Å². The molecule has 0 amide bonds.